The van der Waals surface area contributed by atoms with Crippen LogP contribution >= 0.6 is 11.9 Å². The molecule has 110 valence electrons. The molecule has 1 atom stereocenters. The van der Waals surface area contributed by atoms with Crippen LogP contribution in [0.4, 0.5) is 0 Å². The minimum Gasteiger partial charge on any atom is -0.321 e. The smallest absolute Gasteiger partial charge is 0.262 e. The molecule has 3 N–H and O–H groups in total. The summed E-state index contributed by atoms with van der Waals surface area (Å²) in [5.74, 6) is -0.125. The van der Waals surface area contributed by atoms with E-state index in [4.69, 9.17) is 5.73 Å². The zero-order valence-corrected chi connectivity index (χ0v) is 12.8. The van der Waals surface area contributed by atoms with Gasteiger partial charge in [-0.15, -0.1) is 6.58 Å². The number of carbonyl (C=O) groups excluding carboxylic acids is 1. The number of benzene rings is 2. The van der Waals surface area contributed by atoms with E-state index in [2.05, 4.69) is 11.3 Å². The molecule has 0 fully saturated rings. The molecule has 4 heteroatoms. The Balaban J connectivity index is 2.31. The van der Waals surface area contributed by atoms with Crippen LogP contribution in [0.5, 0.6) is 0 Å². The molecule has 3 rings (SSSR count). The molecule has 0 bridgehead atoms. The van der Waals surface area contributed by atoms with Crippen LogP contribution < -0.4 is 10.5 Å². The van der Waals surface area contributed by atoms with Crippen molar-refractivity contribution in [1.29, 1.82) is 0 Å². The Morgan fingerprint density at radius 2 is 1.82 bits per heavy atom. The first-order chi connectivity index (χ1) is 10.7. The lowest BCUT2D eigenvalue weighted by molar-refractivity contribution is -0.113. The van der Waals surface area contributed by atoms with Gasteiger partial charge in [0.15, 0.2) is 0 Å². The Morgan fingerprint density at radius 1 is 1.14 bits per heavy atom. The molecule has 0 saturated carbocycles. The summed E-state index contributed by atoms with van der Waals surface area (Å²) >= 11 is 1.33. The normalized spacial score (nSPS) is 17.2. The number of carbonyl (C=O) groups is 1. The van der Waals surface area contributed by atoms with E-state index in [1.807, 2.05) is 54.6 Å². The lowest BCUT2D eigenvalue weighted by atomic mass is 9.89. The van der Waals surface area contributed by atoms with Gasteiger partial charge in [-0.05, 0) is 29.2 Å². The van der Waals surface area contributed by atoms with Crippen LogP contribution in [0.2, 0.25) is 0 Å². The summed E-state index contributed by atoms with van der Waals surface area (Å²) in [6, 6.07) is 17.1. The van der Waals surface area contributed by atoms with Crippen LogP contribution in [0.15, 0.2) is 72.1 Å². The van der Waals surface area contributed by atoms with Gasteiger partial charge in [0.05, 0.1) is 5.57 Å². The maximum Gasteiger partial charge on any atom is 0.262 e. The second kappa shape index (κ2) is 6.22. The zero-order chi connectivity index (χ0) is 15.5. The van der Waals surface area contributed by atoms with Crippen LogP contribution in [0.3, 0.4) is 0 Å². The highest BCUT2D eigenvalue weighted by atomic mass is 32.2. The second-order valence-electron chi connectivity index (χ2n) is 4.95. The van der Waals surface area contributed by atoms with E-state index in [1.54, 1.807) is 6.08 Å². The third kappa shape index (κ3) is 2.58. The SMILES string of the molecule is C=CC(N)C(=C1C(=O)NSc2ccccc21)c1ccccc1. The van der Waals surface area contributed by atoms with Crippen molar-refractivity contribution in [3.8, 4) is 0 Å². The summed E-state index contributed by atoms with van der Waals surface area (Å²) in [7, 11) is 0. The van der Waals surface area contributed by atoms with Gasteiger partial charge in [0, 0.05) is 16.5 Å². The topological polar surface area (TPSA) is 55.1 Å². The van der Waals surface area contributed by atoms with Crippen LogP contribution in [0.25, 0.3) is 11.1 Å². The Kier molecular flexibility index (Phi) is 4.13. The van der Waals surface area contributed by atoms with Gasteiger partial charge in [-0.1, -0.05) is 54.6 Å². The quantitative estimate of drug-likeness (QED) is 0.520. The molecule has 1 unspecified atom stereocenters. The molecule has 1 aliphatic heterocycles. The van der Waals surface area contributed by atoms with Gasteiger partial charge in [-0.25, -0.2) is 0 Å². The van der Waals surface area contributed by atoms with E-state index < -0.39 is 6.04 Å². The van der Waals surface area contributed by atoms with Crippen molar-refractivity contribution in [3.05, 3.63) is 78.4 Å². The fourth-order valence-electron chi connectivity index (χ4n) is 2.54. The van der Waals surface area contributed by atoms with Crippen molar-refractivity contribution in [2.45, 2.75) is 10.9 Å². The molecule has 1 aliphatic rings. The highest BCUT2D eigenvalue weighted by molar-refractivity contribution is 7.98. The predicted octanol–water partition coefficient (Wildman–Crippen LogP) is 3.25. The Hall–Kier alpha value is -2.30. The number of amides is 1. The van der Waals surface area contributed by atoms with Gasteiger partial charge in [-0.3, -0.25) is 9.52 Å². The van der Waals surface area contributed by atoms with Crippen molar-refractivity contribution >= 4 is 29.0 Å². The molecule has 0 saturated heterocycles. The molecule has 22 heavy (non-hydrogen) atoms. The van der Waals surface area contributed by atoms with Crippen LogP contribution in [0, 0.1) is 0 Å². The number of hydrogen-bond acceptors (Lipinski definition) is 3. The first-order valence-corrected chi connectivity index (χ1v) is 7.78. The summed E-state index contributed by atoms with van der Waals surface area (Å²) in [6.45, 7) is 3.79. The van der Waals surface area contributed by atoms with Crippen molar-refractivity contribution < 1.29 is 4.79 Å². The van der Waals surface area contributed by atoms with Crippen LogP contribution in [-0.4, -0.2) is 11.9 Å². The van der Waals surface area contributed by atoms with E-state index >= 15 is 0 Å². The maximum absolute atomic E-state index is 12.5. The van der Waals surface area contributed by atoms with Gasteiger partial charge in [0.2, 0.25) is 0 Å². The summed E-state index contributed by atoms with van der Waals surface area (Å²) in [5, 5.41) is 0. The second-order valence-corrected chi connectivity index (χ2v) is 5.79. The van der Waals surface area contributed by atoms with Gasteiger partial charge >= 0.3 is 0 Å². The first kappa shape index (κ1) is 14.6. The van der Waals surface area contributed by atoms with E-state index in [-0.39, 0.29) is 5.91 Å². The molecule has 2 aromatic carbocycles. The largest absolute Gasteiger partial charge is 0.321 e. The van der Waals surface area contributed by atoms with Gasteiger partial charge in [0.1, 0.15) is 0 Å². The van der Waals surface area contributed by atoms with Crippen LogP contribution in [0.1, 0.15) is 11.1 Å². The lowest BCUT2D eigenvalue weighted by Crippen LogP contribution is -2.28. The van der Waals surface area contributed by atoms with Gasteiger partial charge < -0.3 is 5.73 Å². The van der Waals surface area contributed by atoms with Crippen molar-refractivity contribution in [3.63, 3.8) is 0 Å². The van der Waals surface area contributed by atoms with E-state index in [1.165, 1.54) is 11.9 Å². The number of nitrogens with one attached hydrogen (secondary N) is 1. The average Bonchev–Trinajstić information content (AvgIpc) is 2.58. The van der Waals surface area contributed by atoms with Crippen molar-refractivity contribution in [1.82, 2.24) is 4.72 Å². The highest BCUT2D eigenvalue weighted by Gasteiger charge is 2.27. The standard InChI is InChI=1S/C18H16N2OS/c1-2-14(19)16(12-8-4-3-5-9-12)17-13-10-6-7-11-15(13)22-20-18(17)21/h2-11,14H,1,19H2,(H,20,21). The Labute approximate surface area is 134 Å². The molecule has 0 aromatic heterocycles. The fraction of sp³-hybridized carbons (Fsp3) is 0.0556. The van der Waals surface area contributed by atoms with Gasteiger partial charge in [-0.2, -0.15) is 0 Å². The van der Waals surface area contributed by atoms with Gasteiger partial charge in [0.25, 0.3) is 5.91 Å². The van der Waals surface area contributed by atoms with Crippen LogP contribution in [-0.2, 0) is 4.79 Å². The summed E-state index contributed by atoms with van der Waals surface area (Å²) in [5.41, 5.74) is 9.49. The van der Waals surface area contributed by atoms with E-state index in [0.29, 0.717) is 5.57 Å². The fourth-order valence-corrected chi connectivity index (χ4v) is 3.27. The summed E-state index contributed by atoms with van der Waals surface area (Å²) in [4.78, 5) is 13.5. The predicted molar refractivity (Wildman–Crippen MR) is 91.9 cm³/mol. The van der Waals surface area contributed by atoms with Crippen molar-refractivity contribution in [2.24, 2.45) is 5.73 Å². The average molecular weight is 308 g/mol. The molecule has 3 nitrogen and oxygen atoms in total. The minimum absolute atomic E-state index is 0.125. The van der Waals surface area contributed by atoms with E-state index in [9.17, 15) is 4.79 Å². The molecule has 2 aromatic rings. The molecule has 0 spiro atoms. The number of rotatable bonds is 3. The maximum atomic E-state index is 12.5. The molecule has 1 amide bonds. The zero-order valence-electron chi connectivity index (χ0n) is 12.0. The van der Waals surface area contributed by atoms with E-state index in [0.717, 1.165) is 21.6 Å². The molecule has 1 heterocycles. The summed E-state index contributed by atoms with van der Waals surface area (Å²) in [6.07, 6.45) is 1.66. The third-order valence-electron chi connectivity index (χ3n) is 3.58. The highest BCUT2D eigenvalue weighted by Crippen LogP contribution is 2.37. The molecular weight excluding hydrogens is 292 g/mol. The first-order valence-electron chi connectivity index (χ1n) is 6.96. The minimum atomic E-state index is -0.417. The lowest BCUT2D eigenvalue weighted by Gasteiger charge is -2.24. The summed E-state index contributed by atoms with van der Waals surface area (Å²) < 4.78 is 2.85. The molecular formula is C18H16N2OS. The molecule has 0 aliphatic carbocycles. The van der Waals surface area contributed by atoms with Crippen molar-refractivity contribution in [2.75, 3.05) is 0 Å². The number of hydrogen-bond donors (Lipinski definition) is 2. The Morgan fingerprint density at radius 3 is 2.55 bits per heavy atom. The molecule has 0 radical (unpaired) electrons. The Bertz CT molecular complexity index is 753. The monoisotopic (exact) mass is 308 g/mol. The third-order valence-corrected chi connectivity index (χ3v) is 4.44. The number of nitrogens with two attached hydrogens (primary N) is 1. The number of fused-ring (bicyclic) bond motifs is 1.